The molecule has 0 bridgehead atoms. The average Bonchev–Trinajstić information content (AvgIpc) is 2.96. The number of ether oxygens (including phenoxy) is 2. The van der Waals surface area contributed by atoms with Crippen molar-refractivity contribution in [3.05, 3.63) is 35.5 Å². The standard InChI is InChI=1S/C15H21N3O3/c1-4-5-11(16)15-17-14(18-21-15)9-10-6-7-12(19-2)13(8-10)20-3/h6-8,11H,4-5,9,16H2,1-3H3. The van der Waals surface area contributed by atoms with Crippen molar-refractivity contribution in [3.63, 3.8) is 0 Å². The quantitative estimate of drug-likeness (QED) is 0.843. The summed E-state index contributed by atoms with van der Waals surface area (Å²) in [6.45, 7) is 2.07. The summed E-state index contributed by atoms with van der Waals surface area (Å²) in [6, 6.07) is 5.52. The molecule has 1 unspecified atom stereocenters. The summed E-state index contributed by atoms with van der Waals surface area (Å²) in [4.78, 5) is 4.35. The van der Waals surface area contributed by atoms with Gasteiger partial charge in [0, 0.05) is 6.42 Å². The van der Waals surface area contributed by atoms with E-state index in [4.69, 9.17) is 19.7 Å². The van der Waals surface area contributed by atoms with Gasteiger partial charge in [0.1, 0.15) is 0 Å². The molecule has 2 aromatic rings. The van der Waals surface area contributed by atoms with Gasteiger partial charge in [-0.2, -0.15) is 4.98 Å². The topological polar surface area (TPSA) is 83.4 Å². The molecule has 0 saturated carbocycles. The van der Waals surface area contributed by atoms with Crippen molar-refractivity contribution < 1.29 is 14.0 Å². The normalized spacial score (nSPS) is 12.2. The number of hydrogen-bond donors (Lipinski definition) is 1. The van der Waals surface area contributed by atoms with E-state index >= 15 is 0 Å². The third-order valence-corrected chi connectivity index (χ3v) is 3.21. The van der Waals surface area contributed by atoms with E-state index in [-0.39, 0.29) is 6.04 Å². The molecule has 1 atom stereocenters. The van der Waals surface area contributed by atoms with Gasteiger partial charge in [0.05, 0.1) is 20.3 Å². The maximum Gasteiger partial charge on any atom is 0.243 e. The second kappa shape index (κ2) is 7.08. The van der Waals surface area contributed by atoms with E-state index in [0.29, 0.717) is 29.6 Å². The van der Waals surface area contributed by atoms with Crippen LogP contribution >= 0.6 is 0 Å². The molecule has 0 saturated heterocycles. The molecule has 1 aromatic heterocycles. The number of hydrogen-bond acceptors (Lipinski definition) is 6. The highest BCUT2D eigenvalue weighted by Gasteiger charge is 2.14. The molecule has 0 aliphatic heterocycles. The van der Waals surface area contributed by atoms with Gasteiger partial charge in [-0.3, -0.25) is 0 Å². The van der Waals surface area contributed by atoms with Crippen LogP contribution in [-0.4, -0.2) is 24.4 Å². The van der Waals surface area contributed by atoms with Crippen molar-refractivity contribution in [2.75, 3.05) is 14.2 Å². The molecular weight excluding hydrogens is 270 g/mol. The summed E-state index contributed by atoms with van der Waals surface area (Å²) in [5.41, 5.74) is 6.98. The zero-order valence-corrected chi connectivity index (χ0v) is 12.6. The van der Waals surface area contributed by atoms with E-state index in [1.54, 1.807) is 14.2 Å². The van der Waals surface area contributed by atoms with Crippen molar-refractivity contribution >= 4 is 0 Å². The lowest BCUT2D eigenvalue weighted by atomic mass is 10.1. The Morgan fingerprint density at radius 3 is 2.67 bits per heavy atom. The van der Waals surface area contributed by atoms with E-state index in [1.807, 2.05) is 18.2 Å². The highest BCUT2D eigenvalue weighted by Crippen LogP contribution is 2.28. The van der Waals surface area contributed by atoms with E-state index < -0.39 is 0 Å². The van der Waals surface area contributed by atoms with Crippen molar-refractivity contribution in [2.45, 2.75) is 32.2 Å². The van der Waals surface area contributed by atoms with Gasteiger partial charge in [-0.15, -0.1) is 0 Å². The van der Waals surface area contributed by atoms with Gasteiger partial charge in [-0.25, -0.2) is 0 Å². The second-order valence-corrected chi connectivity index (χ2v) is 4.81. The first-order chi connectivity index (χ1) is 10.2. The van der Waals surface area contributed by atoms with Crippen LogP contribution in [0.2, 0.25) is 0 Å². The van der Waals surface area contributed by atoms with Gasteiger partial charge in [0.2, 0.25) is 5.89 Å². The molecule has 1 aromatic carbocycles. The van der Waals surface area contributed by atoms with Crippen molar-refractivity contribution in [1.82, 2.24) is 10.1 Å². The van der Waals surface area contributed by atoms with Crippen LogP contribution in [0.4, 0.5) is 0 Å². The maximum absolute atomic E-state index is 5.96. The predicted molar refractivity (Wildman–Crippen MR) is 78.5 cm³/mol. The fourth-order valence-electron chi connectivity index (χ4n) is 2.10. The Morgan fingerprint density at radius 1 is 1.24 bits per heavy atom. The molecule has 1 heterocycles. The maximum atomic E-state index is 5.96. The van der Waals surface area contributed by atoms with Gasteiger partial charge in [0.15, 0.2) is 17.3 Å². The van der Waals surface area contributed by atoms with E-state index in [9.17, 15) is 0 Å². The number of rotatable bonds is 7. The Morgan fingerprint density at radius 2 is 2.00 bits per heavy atom. The van der Waals surface area contributed by atoms with Crippen LogP contribution in [0.25, 0.3) is 0 Å². The predicted octanol–water partition coefficient (Wildman–Crippen LogP) is 2.48. The van der Waals surface area contributed by atoms with E-state index in [0.717, 1.165) is 18.4 Å². The van der Waals surface area contributed by atoms with Crippen LogP contribution in [0.15, 0.2) is 22.7 Å². The summed E-state index contributed by atoms with van der Waals surface area (Å²) >= 11 is 0. The molecule has 21 heavy (non-hydrogen) atoms. The molecule has 0 aliphatic carbocycles. The fourth-order valence-corrected chi connectivity index (χ4v) is 2.10. The Bertz CT molecular complexity index is 583. The van der Waals surface area contributed by atoms with Crippen LogP contribution in [0.1, 0.15) is 43.1 Å². The minimum Gasteiger partial charge on any atom is -0.493 e. The van der Waals surface area contributed by atoms with E-state index in [1.165, 1.54) is 0 Å². The highest BCUT2D eigenvalue weighted by atomic mass is 16.5. The van der Waals surface area contributed by atoms with Crippen molar-refractivity contribution in [1.29, 1.82) is 0 Å². The molecule has 2 N–H and O–H groups in total. The molecular formula is C15H21N3O3. The Balaban J connectivity index is 2.11. The van der Waals surface area contributed by atoms with Gasteiger partial charge < -0.3 is 19.7 Å². The molecule has 0 amide bonds. The SMILES string of the molecule is CCCC(N)c1nc(Cc2ccc(OC)c(OC)c2)no1. The molecule has 0 radical (unpaired) electrons. The van der Waals surface area contributed by atoms with Gasteiger partial charge >= 0.3 is 0 Å². The monoisotopic (exact) mass is 291 g/mol. The third-order valence-electron chi connectivity index (χ3n) is 3.21. The lowest BCUT2D eigenvalue weighted by molar-refractivity contribution is 0.344. The molecule has 0 spiro atoms. The Labute approximate surface area is 124 Å². The minimum atomic E-state index is -0.193. The van der Waals surface area contributed by atoms with Crippen LogP contribution in [-0.2, 0) is 6.42 Å². The number of methoxy groups -OCH3 is 2. The zero-order chi connectivity index (χ0) is 15.2. The largest absolute Gasteiger partial charge is 0.493 e. The molecule has 0 aliphatic rings. The molecule has 6 nitrogen and oxygen atoms in total. The van der Waals surface area contributed by atoms with Crippen LogP contribution in [0.5, 0.6) is 11.5 Å². The second-order valence-electron chi connectivity index (χ2n) is 4.81. The summed E-state index contributed by atoms with van der Waals surface area (Å²) in [6.07, 6.45) is 2.37. The first kappa shape index (κ1) is 15.3. The van der Waals surface area contributed by atoms with Crippen LogP contribution < -0.4 is 15.2 Å². The first-order valence-electron chi connectivity index (χ1n) is 6.96. The highest BCUT2D eigenvalue weighted by molar-refractivity contribution is 5.43. The summed E-state index contributed by atoms with van der Waals surface area (Å²) < 4.78 is 15.7. The smallest absolute Gasteiger partial charge is 0.243 e. The lowest BCUT2D eigenvalue weighted by Gasteiger charge is -2.08. The summed E-state index contributed by atoms with van der Waals surface area (Å²) in [5, 5.41) is 3.97. The molecule has 114 valence electrons. The van der Waals surface area contributed by atoms with Gasteiger partial charge in [-0.05, 0) is 24.1 Å². The summed E-state index contributed by atoms with van der Waals surface area (Å²) in [7, 11) is 3.22. The van der Waals surface area contributed by atoms with E-state index in [2.05, 4.69) is 17.1 Å². The molecule has 0 fully saturated rings. The van der Waals surface area contributed by atoms with Crippen molar-refractivity contribution in [2.24, 2.45) is 5.73 Å². The van der Waals surface area contributed by atoms with Gasteiger partial charge in [0.25, 0.3) is 0 Å². The average molecular weight is 291 g/mol. The lowest BCUT2D eigenvalue weighted by Crippen LogP contribution is -2.10. The number of benzene rings is 1. The summed E-state index contributed by atoms with van der Waals surface area (Å²) in [5.74, 6) is 2.48. The third kappa shape index (κ3) is 3.72. The Kier molecular flexibility index (Phi) is 5.16. The number of aromatic nitrogens is 2. The fraction of sp³-hybridized carbons (Fsp3) is 0.467. The number of nitrogens with two attached hydrogens (primary N) is 1. The molecule has 6 heteroatoms. The zero-order valence-electron chi connectivity index (χ0n) is 12.6. The Hall–Kier alpha value is -2.08. The molecule has 2 rings (SSSR count). The van der Waals surface area contributed by atoms with Gasteiger partial charge in [-0.1, -0.05) is 24.6 Å². The van der Waals surface area contributed by atoms with Crippen LogP contribution in [0, 0.1) is 0 Å². The van der Waals surface area contributed by atoms with Crippen LogP contribution in [0.3, 0.4) is 0 Å². The van der Waals surface area contributed by atoms with Crippen molar-refractivity contribution in [3.8, 4) is 11.5 Å². The minimum absolute atomic E-state index is 0.193. The number of nitrogens with zero attached hydrogens (tertiary/aromatic N) is 2. The first-order valence-corrected chi connectivity index (χ1v) is 6.96.